The van der Waals surface area contributed by atoms with E-state index < -0.39 is 62.3 Å². The second-order valence-corrected chi connectivity index (χ2v) is 10.6. The number of benzene rings is 1. The van der Waals surface area contributed by atoms with Gasteiger partial charge in [-0.25, -0.2) is 22.5 Å². The third-order valence-corrected chi connectivity index (χ3v) is 6.79. The van der Waals surface area contributed by atoms with Crippen LogP contribution >= 0.6 is 11.3 Å². The first-order valence-corrected chi connectivity index (χ1v) is 13.0. The number of nitro groups is 1. The maximum atomic E-state index is 13.0. The maximum absolute atomic E-state index is 13.0. The van der Waals surface area contributed by atoms with Crippen LogP contribution in [0, 0.1) is 10.1 Å². The minimum absolute atomic E-state index is 0. The Balaban J connectivity index is 0.00000588. The first-order valence-electron chi connectivity index (χ1n) is 10.8. The van der Waals surface area contributed by atoms with Gasteiger partial charge in [0.2, 0.25) is 11.5 Å². The Labute approximate surface area is 257 Å². The Hall–Kier alpha value is -3.69. The Bertz CT molecular complexity index is 1510. The first-order chi connectivity index (χ1) is 18.5. The fraction of sp³-hybridized carbons (Fsp3) is 0.300. The Morgan fingerprint density at radius 3 is 2.37 bits per heavy atom. The largest absolute Gasteiger partial charge is 1.00 e. The van der Waals surface area contributed by atoms with Crippen LogP contribution in [0.15, 0.2) is 34.8 Å². The molecular weight excluding hydrogens is 601 g/mol. The van der Waals surface area contributed by atoms with E-state index >= 15 is 0 Å². The SMILES string of the molecule is CC(C)(ON=C(C(=O)N[C@H]1C(=O)N(S(=O)(=O)[O-])[C@@H]1C(N)=O)c1csc(N)n1)C(=O)OCc1ccc([N+](=O)[O-])cc1.[Na+]. The second kappa shape index (κ2) is 12.9. The van der Waals surface area contributed by atoms with Gasteiger partial charge in [-0.3, -0.25) is 24.5 Å². The number of ether oxygens (including phenoxy) is 1. The summed E-state index contributed by atoms with van der Waals surface area (Å²) in [5, 5.41) is 17.7. The number of β-lactam (4-membered cyclic amide) rings is 1. The van der Waals surface area contributed by atoms with Crippen molar-refractivity contribution in [2.24, 2.45) is 10.9 Å². The standard InChI is InChI=1S/C20H21N7O11S2.Na/c1-20(2,18(31)37-7-9-3-5-10(6-4-9)27(32)33)38-25-12(11-8-39-19(22)23-11)16(29)24-13-14(15(21)28)26(17(13)30)40(34,35)36;/h3-6,8,13-14H,7H2,1-2H3,(H2,21,28)(H2,22,23)(H,24,29)(H,34,35,36);/q;+1/p-1/t13-,14+;/m1./s1. The number of nitrogens with one attached hydrogen (secondary N) is 1. The van der Waals surface area contributed by atoms with Gasteiger partial charge in [0.15, 0.2) is 27.2 Å². The molecule has 41 heavy (non-hydrogen) atoms. The molecule has 18 nitrogen and oxygen atoms in total. The van der Waals surface area contributed by atoms with Gasteiger partial charge in [-0.2, -0.15) is 0 Å². The molecule has 1 aliphatic rings. The number of aromatic nitrogens is 1. The van der Waals surface area contributed by atoms with Crippen molar-refractivity contribution >= 4 is 61.9 Å². The van der Waals surface area contributed by atoms with Crippen molar-refractivity contribution in [1.82, 2.24) is 14.6 Å². The summed E-state index contributed by atoms with van der Waals surface area (Å²) in [6, 6.07) is 1.39. The Kier molecular flexibility index (Phi) is 10.5. The van der Waals surface area contributed by atoms with E-state index in [1.54, 1.807) is 0 Å². The Morgan fingerprint density at radius 2 is 1.88 bits per heavy atom. The summed E-state index contributed by atoms with van der Waals surface area (Å²) >= 11 is 0.893. The molecule has 3 amide bonds. The zero-order valence-corrected chi connectivity index (χ0v) is 25.1. The van der Waals surface area contributed by atoms with Gasteiger partial charge in [-0.1, -0.05) is 5.16 Å². The molecule has 0 saturated carbocycles. The van der Waals surface area contributed by atoms with Gasteiger partial charge in [0.1, 0.15) is 18.3 Å². The van der Waals surface area contributed by atoms with E-state index in [9.17, 15) is 42.3 Å². The smallest absolute Gasteiger partial charge is 0.731 e. The molecule has 0 unspecified atom stereocenters. The third-order valence-electron chi connectivity index (χ3n) is 5.22. The molecule has 1 aromatic carbocycles. The van der Waals surface area contributed by atoms with Crippen molar-refractivity contribution in [1.29, 1.82) is 0 Å². The van der Waals surface area contributed by atoms with Crippen LogP contribution in [0.1, 0.15) is 25.1 Å². The summed E-state index contributed by atoms with van der Waals surface area (Å²) in [6.07, 6.45) is 0. The normalized spacial score (nSPS) is 17.1. The number of amides is 3. The van der Waals surface area contributed by atoms with Gasteiger partial charge in [0.25, 0.3) is 17.5 Å². The minimum atomic E-state index is -5.40. The molecule has 0 aliphatic carbocycles. The van der Waals surface area contributed by atoms with Crippen molar-refractivity contribution in [3.63, 3.8) is 0 Å². The minimum Gasteiger partial charge on any atom is -0.731 e. The molecule has 0 spiro atoms. The number of primary amides is 1. The number of nitro benzene ring substituents is 1. The quantitative estimate of drug-likeness (QED) is 0.0406. The van der Waals surface area contributed by atoms with Crippen LogP contribution in [0.5, 0.6) is 0 Å². The second-order valence-electron chi connectivity index (χ2n) is 8.50. The molecule has 21 heteroatoms. The van der Waals surface area contributed by atoms with E-state index in [4.69, 9.17) is 21.0 Å². The number of rotatable bonds is 11. The number of carbonyl (C=O) groups is 4. The molecule has 2 aromatic rings. The van der Waals surface area contributed by atoms with E-state index in [0.717, 1.165) is 11.3 Å². The van der Waals surface area contributed by atoms with E-state index in [1.807, 2.05) is 5.32 Å². The first kappa shape index (κ1) is 33.5. The summed E-state index contributed by atoms with van der Waals surface area (Å²) in [6.45, 7) is 2.21. The van der Waals surface area contributed by atoms with Crippen LogP contribution in [0.2, 0.25) is 0 Å². The summed E-state index contributed by atoms with van der Waals surface area (Å²) in [4.78, 5) is 68.8. The Morgan fingerprint density at radius 1 is 1.27 bits per heavy atom. The molecule has 5 N–H and O–H groups in total. The summed E-state index contributed by atoms with van der Waals surface area (Å²) in [7, 11) is -5.40. The number of thiazole rings is 1. The van der Waals surface area contributed by atoms with E-state index in [1.165, 1.54) is 43.5 Å². The molecule has 1 aromatic heterocycles. The molecule has 0 bridgehead atoms. The molecule has 1 saturated heterocycles. The molecule has 1 aliphatic heterocycles. The summed E-state index contributed by atoms with van der Waals surface area (Å²) < 4.78 is 38.7. The zero-order valence-electron chi connectivity index (χ0n) is 21.5. The van der Waals surface area contributed by atoms with Gasteiger partial charge in [0.05, 0.1) is 4.92 Å². The van der Waals surface area contributed by atoms with Gasteiger partial charge < -0.3 is 30.9 Å². The van der Waals surface area contributed by atoms with Crippen molar-refractivity contribution in [2.75, 3.05) is 5.73 Å². The van der Waals surface area contributed by atoms with Gasteiger partial charge in [0, 0.05) is 17.5 Å². The number of esters is 1. The van der Waals surface area contributed by atoms with Gasteiger partial charge in [-0.05, 0) is 31.5 Å². The molecule has 214 valence electrons. The van der Waals surface area contributed by atoms with Crippen LogP contribution < -0.4 is 46.3 Å². The van der Waals surface area contributed by atoms with E-state index in [-0.39, 0.29) is 57.0 Å². The van der Waals surface area contributed by atoms with Crippen molar-refractivity contribution in [3.8, 4) is 0 Å². The monoisotopic (exact) mass is 621 g/mol. The molecule has 1 fully saturated rings. The molecule has 0 radical (unpaired) electrons. The number of hydrogen-bond donors (Lipinski definition) is 3. The molecule has 2 heterocycles. The number of oxime groups is 1. The van der Waals surface area contributed by atoms with Crippen LogP contribution in [-0.2, 0) is 45.7 Å². The van der Waals surface area contributed by atoms with Crippen molar-refractivity contribution in [2.45, 2.75) is 38.1 Å². The molecular formula is C20H20N7NaO11S2. The number of anilines is 1. The average Bonchev–Trinajstić information content (AvgIpc) is 3.28. The van der Waals surface area contributed by atoms with Crippen molar-refractivity contribution < 1.29 is 76.2 Å². The predicted molar refractivity (Wildman–Crippen MR) is 133 cm³/mol. The van der Waals surface area contributed by atoms with Crippen LogP contribution in [-0.4, -0.2) is 74.3 Å². The van der Waals surface area contributed by atoms with E-state index in [2.05, 4.69) is 10.1 Å². The number of hydrogen-bond acceptors (Lipinski definition) is 15. The summed E-state index contributed by atoms with van der Waals surface area (Å²) in [5.41, 5.74) is 8.34. The number of nitrogens with two attached hydrogens (primary N) is 2. The average molecular weight is 622 g/mol. The fourth-order valence-corrected chi connectivity index (χ4v) is 4.56. The number of nitrogen functional groups attached to an aromatic ring is 1. The number of non-ortho nitro benzene ring substituents is 1. The van der Waals surface area contributed by atoms with Gasteiger partial charge >= 0.3 is 35.5 Å². The fourth-order valence-electron chi connectivity index (χ4n) is 3.18. The van der Waals surface area contributed by atoms with E-state index in [0.29, 0.717) is 5.56 Å². The zero-order chi connectivity index (χ0) is 30.0. The maximum Gasteiger partial charge on any atom is 1.00 e. The predicted octanol–water partition coefficient (Wildman–Crippen LogP) is -4.48. The van der Waals surface area contributed by atoms with Crippen LogP contribution in [0.3, 0.4) is 0 Å². The van der Waals surface area contributed by atoms with Gasteiger partial charge in [-0.15, -0.1) is 11.3 Å². The topological polar surface area (TPSA) is 280 Å². The van der Waals surface area contributed by atoms with Crippen LogP contribution in [0.25, 0.3) is 0 Å². The number of carbonyl (C=O) groups excluding carboxylic acids is 4. The third kappa shape index (κ3) is 7.74. The van der Waals surface area contributed by atoms with Crippen LogP contribution in [0.4, 0.5) is 10.8 Å². The van der Waals surface area contributed by atoms with Crippen molar-refractivity contribution in [3.05, 3.63) is 51.0 Å². The molecule has 3 rings (SSSR count). The number of nitrogens with zero attached hydrogens (tertiary/aromatic N) is 4. The molecule has 2 atom stereocenters. The summed E-state index contributed by atoms with van der Waals surface area (Å²) in [5.74, 6) is -4.96.